The van der Waals surface area contributed by atoms with Crippen LogP contribution in [0.25, 0.3) is 0 Å². The lowest BCUT2D eigenvalue weighted by molar-refractivity contribution is -0.154. The van der Waals surface area contributed by atoms with Crippen molar-refractivity contribution in [1.29, 1.82) is 0 Å². The van der Waals surface area contributed by atoms with Crippen molar-refractivity contribution in [2.75, 3.05) is 6.61 Å². The molecule has 4 nitrogen and oxygen atoms in total. The third-order valence-electron chi connectivity index (χ3n) is 2.12. The van der Waals surface area contributed by atoms with E-state index in [1.54, 1.807) is 6.92 Å². The Kier molecular flexibility index (Phi) is 1.90. The zero-order valence-corrected chi connectivity index (χ0v) is 6.57. The van der Waals surface area contributed by atoms with E-state index in [0.717, 1.165) is 0 Å². The zero-order valence-electron chi connectivity index (χ0n) is 6.57. The van der Waals surface area contributed by atoms with Crippen LogP contribution in [0.4, 0.5) is 0 Å². The van der Waals surface area contributed by atoms with Crippen LogP contribution in [-0.4, -0.2) is 34.5 Å². The molecule has 2 N–H and O–H groups in total. The van der Waals surface area contributed by atoms with Crippen molar-refractivity contribution >= 4 is 5.97 Å². The maximum absolute atomic E-state index is 10.9. The molecular formula is C7H12O4. The number of ether oxygens (including phenoxy) is 1. The Bertz CT molecular complexity index is 179. The van der Waals surface area contributed by atoms with Crippen LogP contribution >= 0.6 is 0 Å². The summed E-state index contributed by atoms with van der Waals surface area (Å²) in [7, 11) is 0. The number of esters is 1. The first-order valence-corrected chi connectivity index (χ1v) is 3.53. The van der Waals surface area contributed by atoms with Gasteiger partial charge < -0.3 is 14.9 Å². The maximum Gasteiger partial charge on any atom is 0.312 e. The summed E-state index contributed by atoms with van der Waals surface area (Å²) in [6, 6.07) is 0. The second kappa shape index (κ2) is 2.46. The molecule has 1 rings (SSSR count). The molecule has 1 heterocycles. The SMILES string of the molecule is C[C@H]1C(=O)OC(C)(CO)[C@@H]1O. The number of hydrogen-bond acceptors (Lipinski definition) is 4. The molecule has 0 aromatic heterocycles. The summed E-state index contributed by atoms with van der Waals surface area (Å²) in [5.74, 6) is -0.985. The van der Waals surface area contributed by atoms with Crippen LogP contribution in [0.2, 0.25) is 0 Å². The van der Waals surface area contributed by atoms with Crippen molar-refractivity contribution in [3.8, 4) is 0 Å². The summed E-state index contributed by atoms with van der Waals surface area (Å²) in [5, 5.41) is 18.2. The highest BCUT2D eigenvalue weighted by Crippen LogP contribution is 2.30. The molecule has 0 amide bonds. The maximum atomic E-state index is 10.9. The van der Waals surface area contributed by atoms with E-state index in [1.807, 2.05) is 0 Å². The molecule has 0 saturated carbocycles. The van der Waals surface area contributed by atoms with E-state index >= 15 is 0 Å². The lowest BCUT2D eigenvalue weighted by Crippen LogP contribution is -2.41. The summed E-state index contributed by atoms with van der Waals surface area (Å²) in [6.07, 6.45) is -0.903. The van der Waals surface area contributed by atoms with E-state index in [1.165, 1.54) is 6.92 Å². The summed E-state index contributed by atoms with van der Waals surface area (Å²) < 4.78 is 4.78. The molecule has 0 aromatic rings. The van der Waals surface area contributed by atoms with E-state index in [9.17, 15) is 9.90 Å². The molecule has 1 unspecified atom stereocenters. The van der Waals surface area contributed by atoms with Crippen LogP contribution in [0, 0.1) is 5.92 Å². The van der Waals surface area contributed by atoms with Gasteiger partial charge in [-0.2, -0.15) is 0 Å². The first-order chi connectivity index (χ1) is 5.01. The largest absolute Gasteiger partial charge is 0.454 e. The highest BCUT2D eigenvalue weighted by atomic mass is 16.6. The fourth-order valence-corrected chi connectivity index (χ4v) is 1.17. The minimum absolute atomic E-state index is 0.343. The van der Waals surface area contributed by atoms with Gasteiger partial charge in [0, 0.05) is 0 Å². The number of carbonyl (C=O) groups is 1. The molecule has 1 aliphatic heterocycles. The number of aliphatic hydroxyl groups is 2. The van der Waals surface area contributed by atoms with Gasteiger partial charge in [-0.15, -0.1) is 0 Å². The van der Waals surface area contributed by atoms with Gasteiger partial charge in [0.2, 0.25) is 0 Å². The van der Waals surface area contributed by atoms with Crippen molar-refractivity contribution in [1.82, 2.24) is 0 Å². The van der Waals surface area contributed by atoms with E-state index in [4.69, 9.17) is 9.84 Å². The van der Waals surface area contributed by atoms with Gasteiger partial charge in [-0.05, 0) is 13.8 Å². The lowest BCUT2D eigenvalue weighted by Gasteiger charge is -2.23. The fourth-order valence-electron chi connectivity index (χ4n) is 1.17. The van der Waals surface area contributed by atoms with Gasteiger partial charge in [0.1, 0.15) is 6.10 Å². The third kappa shape index (κ3) is 1.12. The average Bonchev–Trinajstić information content (AvgIpc) is 2.17. The number of rotatable bonds is 1. The smallest absolute Gasteiger partial charge is 0.312 e. The van der Waals surface area contributed by atoms with Gasteiger partial charge in [0.15, 0.2) is 5.60 Å². The van der Waals surface area contributed by atoms with Crippen molar-refractivity contribution in [2.24, 2.45) is 5.92 Å². The van der Waals surface area contributed by atoms with Gasteiger partial charge in [-0.3, -0.25) is 4.79 Å². The Hall–Kier alpha value is -0.610. The Morgan fingerprint density at radius 2 is 2.27 bits per heavy atom. The average molecular weight is 160 g/mol. The Morgan fingerprint density at radius 3 is 2.45 bits per heavy atom. The van der Waals surface area contributed by atoms with Crippen LogP contribution in [0.5, 0.6) is 0 Å². The van der Waals surface area contributed by atoms with Gasteiger partial charge in [0.25, 0.3) is 0 Å². The summed E-state index contributed by atoms with van der Waals surface area (Å²) in [6.45, 7) is 2.75. The second-order valence-corrected chi connectivity index (χ2v) is 3.13. The minimum atomic E-state index is -1.10. The Balaban J connectivity index is 2.82. The topological polar surface area (TPSA) is 66.8 Å². The van der Waals surface area contributed by atoms with Gasteiger partial charge >= 0.3 is 5.97 Å². The van der Waals surface area contributed by atoms with Crippen LogP contribution < -0.4 is 0 Å². The Labute approximate surface area is 64.8 Å². The molecule has 11 heavy (non-hydrogen) atoms. The molecule has 0 radical (unpaired) electrons. The molecule has 1 aliphatic rings. The van der Waals surface area contributed by atoms with Crippen molar-refractivity contribution in [2.45, 2.75) is 25.6 Å². The molecule has 1 fully saturated rings. The van der Waals surface area contributed by atoms with E-state index < -0.39 is 23.6 Å². The van der Waals surface area contributed by atoms with Crippen molar-refractivity contribution in [3.05, 3.63) is 0 Å². The monoisotopic (exact) mass is 160 g/mol. The molecule has 0 aromatic carbocycles. The highest BCUT2D eigenvalue weighted by molar-refractivity contribution is 5.76. The van der Waals surface area contributed by atoms with Crippen molar-refractivity contribution < 1.29 is 19.7 Å². The molecular weight excluding hydrogens is 148 g/mol. The predicted molar refractivity (Wildman–Crippen MR) is 36.8 cm³/mol. The number of aliphatic hydroxyl groups excluding tert-OH is 2. The third-order valence-corrected chi connectivity index (χ3v) is 2.12. The van der Waals surface area contributed by atoms with Crippen LogP contribution in [0.1, 0.15) is 13.8 Å². The normalized spacial score (nSPS) is 44.2. The van der Waals surface area contributed by atoms with Gasteiger partial charge in [0.05, 0.1) is 12.5 Å². The van der Waals surface area contributed by atoms with Gasteiger partial charge in [-0.25, -0.2) is 0 Å². The van der Waals surface area contributed by atoms with Crippen molar-refractivity contribution in [3.63, 3.8) is 0 Å². The molecule has 0 aliphatic carbocycles. The second-order valence-electron chi connectivity index (χ2n) is 3.13. The molecule has 4 heteroatoms. The molecule has 0 bridgehead atoms. The fraction of sp³-hybridized carbons (Fsp3) is 0.857. The van der Waals surface area contributed by atoms with Crippen LogP contribution in [0.15, 0.2) is 0 Å². The standard InChI is InChI=1S/C7H12O4/c1-4-5(9)7(2,3-8)11-6(4)10/h4-5,8-9H,3H2,1-2H3/t4-,5-,7?/m1/s1. The quantitative estimate of drug-likeness (QED) is 0.497. The first-order valence-electron chi connectivity index (χ1n) is 3.53. The minimum Gasteiger partial charge on any atom is -0.454 e. The molecule has 0 spiro atoms. The van der Waals surface area contributed by atoms with Crippen LogP contribution in [0.3, 0.4) is 0 Å². The summed E-state index contributed by atoms with van der Waals surface area (Å²) in [4.78, 5) is 10.9. The van der Waals surface area contributed by atoms with E-state index in [2.05, 4.69) is 0 Å². The summed E-state index contributed by atoms with van der Waals surface area (Å²) in [5.41, 5.74) is -1.10. The van der Waals surface area contributed by atoms with Crippen LogP contribution in [-0.2, 0) is 9.53 Å². The Morgan fingerprint density at radius 1 is 1.73 bits per heavy atom. The first kappa shape index (κ1) is 8.49. The molecule has 1 saturated heterocycles. The van der Waals surface area contributed by atoms with E-state index in [-0.39, 0.29) is 6.61 Å². The summed E-state index contributed by atoms with van der Waals surface area (Å²) >= 11 is 0. The molecule has 3 atom stereocenters. The lowest BCUT2D eigenvalue weighted by atomic mass is 9.94. The zero-order chi connectivity index (χ0) is 8.65. The number of carbonyl (C=O) groups excluding carboxylic acids is 1. The number of hydrogen-bond donors (Lipinski definition) is 2. The van der Waals surface area contributed by atoms with E-state index in [0.29, 0.717) is 0 Å². The number of cyclic esters (lactones) is 1. The molecule has 64 valence electrons. The predicted octanol–water partition coefficient (Wildman–Crippen LogP) is -0.709. The van der Waals surface area contributed by atoms with Gasteiger partial charge in [-0.1, -0.05) is 0 Å². The highest BCUT2D eigenvalue weighted by Gasteiger charge is 2.49.